The molecule has 1 aliphatic heterocycles. The maximum atomic E-state index is 9.30. The zero-order valence-electron chi connectivity index (χ0n) is 12.3. The molecule has 1 aliphatic rings. The number of rotatable bonds is 5. The first-order valence-electron chi connectivity index (χ1n) is 7.78. The first kappa shape index (κ1) is 14.1. The molecule has 0 saturated carbocycles. The number of phenolic OH excluding ortho intramolecular Hbond substituents is 1. The van der Waals surface area contributed by atoms with Gasteiger partial charge >= 0.3 is 0 Å². The average molecular weight is 284 g/mol. The van der Waals surface area contributed by atoms with E-state index in [1.807, 2.05) is 12.1 Å². The minimum atomic E-state index is 0.345. The van der Waals surface area contributed by atoms with E-state index in [2.05, 4.69) is 35.6 Å². The molecule has 0 radical (unpaired) electrons. The van der Waals surface area contributed by atoms with Gasteiger partial charge in [-0.2, -0.15) is 0 Å². The number of quaternary nitrogens is 2. The number of hydrogen-bond donors (Lipinski definition) is 3. The fraction of sp³-hybridized carbons (Fsp3) is 0.333. The largest absolute Gasteiger partial charge is 0.508 e. The summed E-state index contributed by atoms with van der Waals surface area (Å²) in [5, 5.41) is 11.7. The number of phenols is 1. The van der Waals surface area contributed by atoms with Crippen LogP contribution in [-0.2, 0) is 13.1 Å². The molecule has 2 aromatic rings. The molecule has 4 N–H and O–H groups in total. The average Bonchev–Trinajstić information content (AvgIpc) is 2.95. The van der Waals surface area contributed by atoms with Gasteiger partial charge in [0.1, 0.15) is 31.4 Å². The van der Waals surface area contributed by atoms with Gasteiger partial charge in [-0.05, 0) is 24.3 Å². The highest BCUT2D eigenvalue weighted by Crippen LogP contribution is 2.08. The van der Waals surface area contributed by atoms with Gasteiger partial charge in [0.2, 0.25) is 0 Å². The van der Waals surface area contributed by atoms with Crippen molar-refractivity contribution >= 4 is 0 Å². The maximum Gasteiger partial charge on any atom is 0.141 e. The second-order valence-corrected chi connectivity index (χ2v) is 6.02. The molecule has 0 aromatic heterocycles. The second-order valence-electron chi connectivity index (χ2n) is 6.02. The monoisotopic (exact) mass is 284 g/mol. The molecular formula is C18H24N2O+2. The van der Waals surface area contributed by atoms with E-state index in [0.717, 1.165) is 19.1 Å². The summed E-state index contributed by atoms with van der Waals surface area (Å²) in [6, 6.07) is 19.1. The Morgan fingerprint density at radius 1 is 1.00 bits per heavy atom. The molecule has 0 amide bonds. The van der Waals surface area contributed by atoms with Gasteiger partial charge < -0.3 is 15.3 Å². The fourth-order valence-electron chi connectivity index (χ4n) is 3.15. The van der Waals surface area contributed by atoms with E-state index in [1.165, 1.54) is 30.6 Å². The molecule has 21 heavy (non-hydrogen) atoms. The van der Waals surface area contributed by atoms with Crippen LogP contribution in [0, 0.1) is 0 Å². The van der Waals surface area contributed by atoms with Gasteiger partial charge in [0, 0.05) is 11.1 Å². The molecule has 2 aromatic carbocycles. The Morgan fingerprint density at radius 2 is 1.76 bits per heavy atom. The van der Waals surface area contributed by atoms with Gasteiger partial charge in [0.25, 0.3) is 0 Å². The van der Waals surface area contributed by atoms with Crippen molar-refractivity contribution in [1.29, 1.82) is 0 Å². The van der Waals surface area contributed by atoms with Gasteiger partial charge in [-0.25, -0.2) is 0 Å². The summed E-state index contributed by atoms with van der Waals surface area (Å²) in [5.74, 6) is 0.345. The van der Waals surface area contributed by atoms with Crippen molar-refractivity contribution < 1.29 is 15.3 Å². The smallest absolute Gasteiger partial charge is 0.141 e. The molecule has 2 atom stereocenters. The highest BCUT2D eigenvalue weighted by molar-refractivity contribution is 5.25. The van der Waals surface area contributed by atoms with Crippen molar-refractivity contribution in [3.05, 3.63) is 65.7 Å². The van der Waals surface area contributed by atoms with Crippen LogP contribution in [0.2, 0.25) is 0 Å². The third-order valence-electron chi connectivity index (χ3n) is 4.34. The Hall–Kier alpha value is -1.84. The van der Waals surface area contributed by atoms with E-state index in [9.17, 15) is 5.11 Å². The number of hydrogen-bond acceptors (Lipinski definition) is 1. The Bertz CT molecular complexity index is 553. The molecule has 0 bridgehead atoms. The molecule has 1 saturated heterocycles. The van der Waals surface area contributed by atoms with Crippen LogP contribution in [0.3, 0.4) is 0 Å². The topological polar surface area (TPSA) is 41.3 Å². The molecule has 3 heteroatoms. The normalized spacial score (nSPS) is 21.5. The standard InChI is InChI=1S/C18H22N2O/c21-18-8-6-15(7-9-18)12-19-17-10-11-20(14-17)13-16-4-2-1-3-5-16/h1-9,17,19,21H,10-14H2/p+2/t17-/m1/s1. The molecule has 1 fully saturated rings. The minimum absolute atomic E-state index is 0.345. The van der Waals surface area contributed by atoms with Crippen LogP contribution in [-0.4, -0.2) is 24.2 Å². The Labute approximate surface area is 126 Å². The van der Waals surface area contributed by atoms with E-state index in [-0.39, 0.29) is 0 Å². The third kappa shape index (κ3) is 4.06. The summed E-state index contributed by atoms with van der Waals surface area (Å²) in [4.78, 5) is 1.69. The summed E-state index contributed by atoms with van der Waals surface area (Å²) >= 11 is 0. The maximum absolute atomic E-state index is 9.30. The lowest BCUT2D eigenvalue weighted by Gasteiger charge is -2.12. The summed E-state index contributed by atoms with van der Waals surface area (Å²) in [6.07, 6.45) is 1.29. The molecule has 3 nitrogen and oxygen atoms in total. The first-order chi connectivity index (χ1) is 10.3. The number of nitrogens with one attached hydrogen (secondary N) is 1. The fourth-order valence-corrected chi connectivity index (χ4v) is 3.15. The quantitative estimate of drug-likeness (QED) is 0.727. The Morgan fingerprint density at radius 3 is 2.52 bits per heavy atom. The second kappa shape index (κ2) is 6.74. The number of benzene rings is 2. The van der Waals surface area contributed by atoms with Crippen LogP contribution >= 0.6 is 0 Å². The lowest BCUT2D eigenvalue weighted by Crippen LogP contribution is -3.10. The number of nitrogens with two attached hydrogens (primary N) is 1. The first-order valence-corrected chi connectivity index (χ1v) is 7.78. The van der Waals surface area contributed by atoms with Crippen molar-refractivity contribution in [2.75, 3.05) is 13.1 Å². The van der Waals surface area contributed by atoms with E-state index < -0.39 is 0 Å². The molecule has 1 unspecified atom stereocenters. The highest BCUT2D eigenvalue weighted by atomic mass is 16.3. The zero-order chi connectivity index (χ0) is 14.5. The van der Waals surface area contributed by atoms with Crippen LogP contribution in [0.5, 0.6) is 5.75 Å². The zero-order valence-corrected chi connectivity index (χ0v) is 12.3. The summed E-state index contributed by atoms with van der Waals surface area (Å²) in [7, 11) is 0. The van der Waals surface area contributed by atoms with Crippen molar-refractivity contribution in [2.45, 2.75) is 25.6 Å². The van der Waals surface area contributed by atoms with E-state index >= 15 is 0 Å². The van der Waals surface area contributed by atoms with Crippen LogP contribution < -0.4 is 10.2 Å². The van der Waals surface area contributed by atoms with Crippen LogP contribution in [0.25, 0.3) is 0 Å². The molecule has 0 spiro atoms. The van der Waals surface area contributed by atoms with E-state index in [4.69, 9.17) is 0 Å². The van der Waals surface area contributed by atoms with Gasteiger partial charge in [-0.15, -0.1) is 0 Å². The van der Waals surface area contributed by atoms with Crippen molar-refractivity contribution in [1.82, 2.24) is 0 Å². The van der Waals surface area contributed by atoms with Gasteiger partial charge in [-0.3, -0.25) is 0 Å². The third-order valence-corrected chi connectivity index (χ3v) is 4.34. The molecule has 0 aliphatic carbocycles. The number of aromatic hydroxyl groups is 1. The Kier molecular flexibility index (Phi) is 4.53. The predicted molar refractivity (Wildman–Crippen MR) is 83.0 cm³/mol. The van der Waals surface area contributed by atoms with Gasteiger partial charge in [0.05, 0.1) is 13.0 Å². The molecule has 3 rings (SSSR count). The Balaban J connectivity index is 1.45. The minimum Gasteiger partial charge on any atom is -0.508 e. The predicted octanol–water partition coefficient (Wildman–Crippen LogP) is 0.313. The van der Waals surface area contributed by atoms with Crippen LogP contribution in [0.4, 0.5) is 0 Å². The summed E-state index contributed by atoms with van der Waals surface area (Å²) in [5.41, 5.74) is 2.72. The van der Waals surface area contributed by atoms with Gasteiger partial charge in [-0.1, -0.05) is 30.3 Å². The SMILES string of the molecule is Oc1ccc(C[NH2+][C@@H]2CC[NH+](Cc3ccccc3)C2)cc1. The van der Waals surface area contributed by atoms with Crippen LogP contribution in [0.15, 0.2) is 54.6 Å². The van der Waals surface area contributed by atoms with Gasteiger partial charge in [0.15, 0.2) is 0 Å². The van der Waals surface area contributed by atoms with E-state index in [1.54, 1.807) is 17.0 Å². The molecule has 1 heterocycles. The van der Waals surface area contributed by atoms with Crippen molar-refractivity contribution in [2.24, 2.45) is 0 Å². The van der Waals surface area contributed by atoms with Crippen molar-refractivity contribution in [3.63, 3.8) is 0 Å². The van der Waals surface area contributed by atoms with E-state index in [0.29, 0.717) is 5.75 Å². The van der Waals surface area contributed by atoms with Crippen LogP contribution in [0.1, 0.15) is 17.5 Å². The molecule has 110 valence electrons. The summed E-state index contributed by atoms with van der Waals surface area (Å²) in [6.45, 7) is 4.66. The lowest BCUT2D eigenvalue weighted by atomic mass is 10.2. The lowest BCUT2D eigenvalue weighted by molar-refractivity contribution is -0.911. The number of likely N-dealkylation sites (tertiary alicyclic amines) is 1. The summed E-state index contributed by atoms with van der Waals surface area (Å²) < 4.78 is 0. The molecular weight excluding hydrogens is 260 g/mol. The van der Waals surface area contributed by atoms with Crippen molar-refractivity contribution in [3.8, 4) is 5.75 Å². The highest BCUT2D eigenvalue weighted by Gasteiger charge is 2.28.